The van der Waals surface area contributed by atoms with Crippen LogP contribution in [0.1, 0.15) is 19.8 Å². The molecule has 1 aliphatic carbocycles. The Kier molecular flexibility index (Phi) is 2.69. The van der Waals surface area contributed by atoms with E-state index in [-0.39, 0.29) is 6.61 Å². The van der Waals surface area contributed by atoms with E-state index in [0.29, 0.717) is 5.92 Å². The van der Waals surface area contributed by atoms with Gasteiger partial charge in [-0.3, -0.25) is 0 Å². The lowest BCUT2D eigenvalue weighted by atomic mass is 9.94. The van der Waals surface area contributed by atoms with Crippen molar-refractivity contribution in [1.29, 1.82) is 0 Å². The summed E-state index contributed by atoms with van der Waals surface area (Å²) in [4.78, 5) is 0. The van der Waals surface area contributed by atoms with Crippen molar-refractivity contribution >= 4 is 0 Å². The zero-order valence-electron chi connectivity index (χ0n) is 6.38. The van der Waals surface area contributed by atoms with E-state index in [9.17, 15) is 0 Å². The van der Waals surface area contributed by atoms with Crippen LogP contribution in [0.3, 0.4) is 0 Å². The highest BCUT2D eigenvalue weighted by Crippen LogP contribution is 2.19. The summed E-state index contributed by atoms with van der Waals surface area (Å²) < 4.78 is 0. The lowest BCUT2D eigenvalue weighted by Crippen LogP contribution is -2.05. The van der Waals surface area contributed by atoms with Gasteiger partial charge >= 0.3 is 0 Å². The van der Waals surface area contributed by atoms with Crippen LogP contribution in [0.4, 0.5) is 0 Å². The molecule has 0 saturated carbocycles. The van der Waals surface area contributed by atoms with Crippen molar-refractivity contribution in [2.75, 3.05) is 6.61 Å². The summed E-state index contributed by atoms with van der Waals surface area (Å²) in [5, 5.41) is 8.82. The van der Waals surface area contributed by atoms with E-state index in [1.807, 2.05) is 0 Å². The molecule has 0 radical (unpaired) electrons. The molecule has 10 heavy (non-hydrogen) atoms. The lowest BCUT2D eigenvalue weighted by molar-refractivity contribution is 0.253. The monoisotopic (exact) mass is 138 g/mol. The van der Waals surface area contributed by atoms with Crippen LogP contribution in [-0.4, -0.2) is 11.7 Å². The molecule has 1 atom stereocenters. The summed E-state index contributed by atoms with van der Waals surface area (Å²) in [5.41, 5.74) is 1.38. The van der Waals surface area contributed by atoms with E-state index in [0.717, 1.165) is 12.8 Å². The van der Waals surface area contributed by atoms with E-state index in [4.69, 9.17) is 5.11 Å². The minimum Gasteiger partial charge on any atom is -0.396 e. The van der Waals surface area contributed by atoms with Crippen molar-refractivity contribution in [3.63, 3.8) is 0 Å². The SMILES string of the molecule is C[C@@H](CO)C1=CC=CCC1. The first-order valence-electron chi connectivity index (χ1n) is 3.81. The highest BCUT2D eigenvalue weighted by molar-refractivity contribution is 5.19. The van der Waals surface area contributed by atoms with E-state index in [1.54, 1.807) is 0 Å². The number of aliphatic hydroxyl groups is 1. The van der Waals surface area contributed by atoms with E-state index in [2.05, 4.69) is 25.2 Å². The number of allylic oxidation sites excluding steroid dienone is 3. The predicted molar refractivity (Wildman–Crippen MR) is 42.7 cm³/mol. The van der Waals surface area contributed by atoms with Crippen LogP contribution in [0.2, 0.25) is 0 Å². The van der Waals surface area contributed by atoms with Gasteiger partial charge in [-0.1, -0.05) is 30.7 Å². The fourth-order valence-corrected chi connectivity index (χ4v) is 1.15. The quantitative estimate of drug-likeness (QED) is 0.617. The molecule has 1 nitrogen and oxygen atoms in total. The van der Waals surface area contributed by atoms with Crippen molar-refractivity contribution < 1.29 is 5.11 Å². The second-order valence-corrected chi connectivity index (χ2v) is 2.79. The first-order chi connectivity index (χ1) is 4.84. The van der Waals surface area contributed by atoms with Crippen LogP contribution in [0.15, 0.2) is 23.8 Å². The molecule has 1 N–H and O–H groups in total. The van der Waals surface area contributed by atoms with Gasteiger partial charge in [-0.15, -0.1) is 0 Å². The maximum Gasteiger partial charge on any atom is 0.0493 e. The van der Waals surface area contributed by atoms with Crippen molar-refractivity contribution in [3.05, 3.63) is 23.8 Å². The Morgan fingerprint density at radius 1 is 1.70 bits per heavy atom. The highest BCUT2D eigenvalue weighted by Gasteiger charge is 2.06. The third-order valence-electron chi connectivity index (χ3n) is 1.95. The number of rotatable bonds is 2. The van der Waals surface area contributed by atoms with Crippen molar-refractivity contribution in [2.45, 2.75) is 19.8 Å². The summed E-state index contributed by atoms with van der Waals surface area (Å²) in [6.45, 7) is 2.34. The average Bonchev–Trinajstić information content (AvgIpc) is 2.05. The first kappa shape index (κ1) is 7.55. The van der Waals surface area contributed by atoms with Gasteiger partial charge in [0.05, 0.1) is 0 Å². The summed E-state index contributed by atoms with van der Waals surface area (Å²) in [5.74, 6) is 0.352. The average molecular weight is 138 g/mol. The standard InChI is InChI=1S/C9H14O/c1-8(7-10)9-5-3-2-4-6-9/h2-3,5,8,10H,4,6-7H2,1H3/t8-/m0/s1. The number of aliphatic hydroxyl groups excluding tert-OH is 1. The molecule has 1 heteroatoms. The molecule has 0 fully saturated rings. The molecule has 56 valence electrons. The Balaban J connectivity index is 2.53. The molecule has 0 amide bonds. The minimum absolute atomic E-state index is 0.277. The Morgan fingerprint density at radius 2 is 2.50 bits per heavy atom. The maximum atomic E-state index is 8.82. The van der Waals surface area contributed by atoms with Crippen molar-refractivity contribution in [3.8, 4) is 0 Å². The van der Waals surface area contributed by atoms with Crippen LogP contribution in [0.25, 0.3) is 0 Å². The first-order valence-corrected chi connectivity index (χ1v) is 3.81. The van der Waals surface area contributed by atoms with Gasteiger partial charge in [0.2, 0.25) is 0 Å². The van der Waals surface area contributed by atoms with Gasteiger partial charge in [0.1, 0.15) is 0 Å². The van der Waals surface area contributed by atoms with E-state index < -0.39 is 0 Å². The van der Waals surface area contributed by atoms with Crippen molar-refractivity contribution in [1.82, 2.24) is 0 Å². The molecule has 0 heterocycles. The van der Waals surface area contributed by atoms with Gasteiger partial charge in [0.15, 0.2) is 0 Å². The van der Waals surface area contributed by atoms with Gasteiger partial charge < -0.3 is 5.11 Å². The molecule has 0 aromatic rings. The van der Waals surface area contributed by atoms with Crippen molar-refractivity contribution in [2.24, 2.45) is 5.92 Å². The molecule has 1 aliphatic rings. The van der Waals surface area contributed by atoms with Gasteiger partial charge in [-0.05, 0) is 12.8 Å². The molecule has 0 aliphatic heterocycles. The maximum absolute atomic E-state index is 8.82. The molecular weight excluding hydrogens is 124 g/mol. The van der Waals surface area contributed by atoms with Gasteiger partial charge in [0.25, 0.3) is 0 Å². The fourth-order valence-electron chi connectivity index (χ4n) is 1.15. The summed E-state index contributed by atoms with van der Waals surface area (Å²) >= 11 is 0. The van der Waals surface area contributed by atoms with Crippen LogP contribution >= 0.6 is 0 Å². The Labute approximate surface area is 62.1 Å². The van der Waals surface area contributed by atoms with Crippen LogP contribution < -0.4 is 0 Å². The zero-order chi connectivity index (χ0) is 7.40. The van der Waals surface area contributed by atoms with E-state index in [1.165, 1.54) is 5.57 Å². The second kappa shape index (κ2) is 3.57. The van der Waals surface area contributed by atoms with Gasteiger partial charge in [0, 0.05) is 12.5 Å². The summed E-state index contributed by atoms with van der Waals surface area (Å²) in [6.07, 6.45) is 8.61. The molecular formula is C9H14O. The molecule has 0 saturated heterocycles. The van der Waals surface area contributed by atoms with E-state index >= 15 is 0 Å². The van der Waals surface area contributed by atoms with Crippen LogP contribution in [0, 0.1) is 5.92 Å². The molecule has 0 spiro atoms. The third kappa shape index (κ3) is 1.71. The number of hydrogen-bond acceptors (Lipinski definition) is 1. The van der Waals surface area contributed by atoms with Gasteiger partial charge in [-0.2, -0.15) is 0 Å². The highest BCUT2D eigenvalue weighted by atomic mass is 16.3. The Morgan fingerprint density at radius 3 is 3.00 bits per heavy atom. The zero-order valence-corrected chi connectivity index (χ0v) is 6.38. The summed E-state index contributed by atoms with van der Waals surface area (Å²) in [7, 11) is 0. The minimum atomic E-state index is 0.277. The third-order valence-corrected chi connectivity index (χ3v) is 1.95. The van der Waals surface area contributed by atoms with Gasteiger partial charge in [-0.25, -0.2) is 0 Å². The largest absolute Gasteiger partial charge is 0.396 e. The predicted octanol–water partition coefficient (Wildman–Crippen LogP) is 1.89. The molecule has 0 bridgehead atoms. The van der Waals surface area contributed by atoms with Crippen LogP contribution in [0.5, 0.6) is 0 Å². The van der Waals surface area contributed by atoms with Crippen LogP contribution in [-0.2, 0) is 0 Å². The number of hydrogen-bond donors (Lipinski definition) is 1. The topological polar surface area (TPSA) is 20.2 Å². The smallest absolute Gasteiger partial charge is 0.0493 e. The summed E-state index contributed by atoms with van der Waals surface area (Å²) in [6, 6.07) is 0. The molecule has 0 aromatic heterocycles. The second-order valence-electron chi connectivity index (χ2n) is 2.79. The normalized spacial score (nSPS) is 20.4. The molecule has 1 rings (SSSR count). The lowest BCUT2D eigenvalue weighted by Gasteiger charge is -2.13. The Hall–Kier alpha value is -0.560. The molecule has 0 unspecified atom stereocenters. The fraction of sp³-hybridized carbons (Fsp3) is 0.556. The molecule has 0 aromatic carbocycles. The Bertz CT molecular complexity index is 156.